The van der Waals surface area contributed by atoms with Crippen molar-refractivity contribution in [1.82, 2.24) is 34.0 Å². The highest BCUT2D eigenvalue weighted by Crippen LogP contribution is 2.34. The van der Waals surface area contributed by atoms with Crippen LogP contribution in [-0.4, -0.2) is 73.8 Å². The van der Waals surface area contributed by atoms with Crippen LogP contribution in [0.5, 0.6) is 0 Å². The van der Waals surface area contributed by atoms with Crippen molar-refractivity contribution in [2.75, 3.05) is 13.1 Å². The van der Waals surface area contributed by atoms with Gasteiger partial charge in [0.2, 0.25) is 5.91 Å². The predicted octanol–water partition coefficient (Wildman–Crippen LogP) is 4.43. The van der Waals surface area contributed by atoms with E-state index in [0.29, 0.717) is 24.0 Å². The largest absolute Gasteiger partial charge is 0.444 e. The van der Waals surface area contributed by atoms with Crippen LogP contribution in [0.2, 0.25) is 0 Å². The third-order valence-electron chi connectivity index (χ3n) is 7.72. The van der Waals surface area contributed by atoms with E-state index >= 15 is 0 Å². The molecule has 0 radical (unpaired) electrons. The number of likely N-dealkylation sites (tertiary alicyclic amines) is 1. The Morgan fingerprint density at radius 2 is 1.80 bits per heavy atom. The Kier molecular flexibility index (Phi) is 8.04. The van der Waals surface area contributed by atoms with E-state index in [2.05, 4.69) is 20.5 Å². The molecule has 5 heterocycles. The predicted molar refractivity (Wildman–Crippen MR) is 168 cm³/mol. The maximum absolute atomic E-state index is 14.1. The summed E-state index contributed by atoms with van der Waals surface area (Å²) < 4.78 is 36.5. The molecule has 1 aromatic carbocycles. The number of nitrogens with zero attached hydrogens (tertiary/aromatic N) is 6. The number of rotatable bonds is 7. The monoisotopic (exact) mass is 629 g/mol. The van der Waals surface area contributed by atoms with Crippen LogP contribution in [-0.2, 0) is 26.0 Å². The number of ether oxygens (including phenoxy) is 1. The van der Waals surface area contributed by atoms with Crippen molar-refractivity contribution < 1.29 is 22.7 Å². The number of amides is 2. The molecule has 0 bridgehead atoms. The zero-order chi connectivity index (χ0) is 31.8. The average molecular weight is 630 g/mol. The molecule has 1 aliphatic heterocycles. The van der Waals surface area contributed by atoms with Crippen LogP contribution in [0.1, 0.15) is 45.7 Å². The van der Waals surface area contributed by atoms with Crippen LogP contribution in [0, 0.1) is 0 Å². The van der Waals surface area contributed by atoms with E-state index in [4.69, 9.17) is 4.74 Å². The van der Waals surface area contributed by atoms with Gasteiger partial charge in [-0.05, 0) is 82.0 Å². The van der Waals surface area contributed by atoms with Crippen LogP contribution in [0.25, 0.3) is 27.7 Å². The summed E-state index contributed by atoms with van der Waals surface area (Å²) in [5, 5.41) is 12.2. The minimum Gasteiger partial charge on any atom is -0.444 e. The van der Waals surface area contributed by atoms with Gasteiger partial charge in [-0.1, -0.05) is 18.2 Å². The molecule has 12 nitrogen and oxygen atoms in total. The van der Waals surface area contributed by atoms with Crippen molar-refractivity contribution in [3.63, 3.8) is 0 Å². The summed E-state index contributed by atoms with van der Waals surface area (Å²) in [6.45, 7) is 5.95. The zero-order valence-corrected chi connectivity index (χ0v) is 26.2. The summed E-state index contributed by atoms with van der Waals surface area (Å²) in [4.78, 5) is 32.4. The average Bonchev–Trinajstić information content (AvgIpc) is 3.62. The second-order valence-electron chi connectivity index (χ2n) is 12.0. The van der Waals surface area contributed by atoms with Crippen molar-refractivity contribution in [3.8, 4) is 11.1 Å². The van der Waals surface area contributed by atoms with E-state index in [1.807, 2.05) is 18.2 Å². The fraction of sp³-hybridized carbons (Fsp3) is 0.344. The number of piperidine rings is 1. The van der Waals surface area contributed by atoms with Crippen molar-refractivity contribution >= 4 is 38.6 Å². The van der Waals surface area contributed by atoms with E-state index in [1.54, 1.807) is 75.8 Å². The summed E-state index contributed by atoms with van der Waals surface area (Å²) in [7, 11) is -4.05. The molecule has 5 aromatic rings. The second-order valence-corrected chi connectivity index (χ2v) is 13.8. The first kappa shape index (κ1) is 30.3. The minimum absolute atomic E-state index is 0.121. The summed E-state index contributed by atoms with van der Waals surface area (Å²) in [6.07, 6.45) is 6.72. The molecule has 13 heteroatoms. The lowest BCUT2D eigenvalue weighted by molar-refractivity contribution is -0.127. The molecule has 45 heavy (non-hydrogen) atoms. The fourth-order valence-electron chi connectivity index (χ4n) is 5.72. The Labute approximate surface area is 261 Å². The van der Waals surface area contributed by atoms with Gasteiger partial charge in [0.05, 0.1) is 16.6 Å². The molecular weight excluding hydrogens is 594 g/mol. The molecule has 4 aromatic heterocycles. The number of nitrogens with one attached hydrogen (secondary N) is 1. The van der Waals surface area contributed by atoms with Gasteiger partial charge in [-0.25, -0.2) is 22.2 Å². The number of carbonyl (C=O) groups excluding carboxylic acids is 2. The molecule has 1 N–H and O–H groups in total. The summed E-state index contributed by atoms with van der Waals surface area (Å²) >= 11 is 0. The first-order valence-corrected chi connectivity index (χ1v) is 16.4. The molecular formula is C32H35N7O5S. The maximum Gasteiger partial charge on any atom is 0.410 e. The molecule has 1 atom stereocenters. The third kappa shape index (κ3) is 5.99. The van der Waals surface area contributed by atoms with Gasteiger partial charge in [0.25, 0.3) is 10.0 Å². The lowest BCUT2D eigenvalue weighted by atomic mass is 10.0. The summed E-state index contributed by atoms with van der Waals surface area (Å²) in [5.74, 6) is -0.299. The third-order valence-corrected chi connectivity index (χ3v) is 9.48. The van der Waals surface area contributed by atoms with E-state index in [9.17, 15) is 18.0 Å². The van der Waals surface area contributed by atoms with Crippen LogP contribution < -0.4 is 5.32 Å². The lowest BCUT2D eigenvalue weighted by Gasteiger charge is -2.35. The molecule has 6 rings (SSSR count). The van der Waals surface area contributed by atoms with E-state index < -0.39 is 27.8 Å². The van der Waals surface area contributed by atoms with Gasteiger partial charge in [0.15, 0.2) is 5.65 Å². The minimum atomic E-state index is -4.05. The first-order chi connectivity index (χ1) is 21.5. The Balaban J connectivity index is 1.33. The van der Waals surface area contributed by atoms with Crippen molar-refractivity contribution in [2.45, 2.75) is 63.0 Å². The van der Waals surface area contributed by atoms with Crippen molar-refractivity contribution in [3.05, 3.63) is 78.9 Å². The van der Waals surface area contributed by atoms with Gasteiger partial charge >= 0.3 is 6.09 Å². The highest BCUT2D eigenvalue weighted by Gasteiger charge is 2.35. The normalized spacial score (nSPS) is 15.8. The molecule has 0 unspecified atom stereocenters. The molecule has 0 aliphatic carbocycles. The molecule has 0 saturated carbocycles. The standard InChI is InChI=1S/C32H35N7O5S/c1-32(2,3)44-31(41)37-19-8-7-12-28(37)30(40)34-17-14-22-20-25-24(26-21-36-39-27(26)13-9-16-35-39)15-18-33-29(25)38(22)45(42,43)23-10-5-4-6-11-23/h4-6,9-11,13,15-16,18,20-21,28H,7-8,12,14,17,19H2,1-3H3,(H,34,40)/t28-/m0/s1. The highest BCUT2D eigenvalue weighted by molar-refractivity contribution is 7.90. The van der Waals surface area contributed by atoms with Crippen LogP contribution in [0.15, 0.2) is 78.1 Å². The van der Waals surface area contributed by atoms with Gasteiger partial charge in [-0.15, -0.1) is 0 Å². The van der Waals surface area contributed by atoms with Gasteiger partial charge in [-0.2, -0.15) is 14.8 Å². The van der Waals surface area contributed by atoms with Gasteiger partial charge in [0.1, 0.15) is 11.6 Å². The number of hydrogen-bond acceptors (Lipinski definition) is 8. The second kappa shape index (κ2) is 12.0. The smallest absolute Gasteiger partial charge is 0.410 e. The van der Waals surface area contributed by atoms with Crippen LogP contribution in [0.4, 0.5) is 4.79 Å². The van der Waals surface area contributed by atoms with E-state index in [0.717, 1.165) is 29.5 Å². The highest BCUT2D eigenvalue weighted by atomic mass is 32.2. The quantitative estimate of drug-likeness (QED) is 0.279. The Bertz CT molecular complexity index is 1980. The Morgan fingerprint density at radius 3 is 2.58 bits per heavy atom. The van der Waals surface area contributed by atoms with Gasteiger partial charge in [-0.3, -0.25) is 9.69 Å². The number of fused-ring (bicyclic) bond motifs is 2. The summed E-state index contributed by atoms with van der Waals surface area (Å²) in [5.41, 5.74) is 2.34. The van der Waals surface area contributed by atoms with Crippen molar-refractivity contribution in [2.24, 2.45) is 0 Å². The zero-order valence-electron chi connectivity index (χ0n) is 25.4. The number of benzene rings is 1. The number of hydrogen-bond donors (Lipinski definition) is 1. The Hall–Kier alpha value is -4.78. The van der Waals surface area contributed by atoms with Crippen LogP contribution >= 0.6 is 0 Å². The fourth-order valence-corrected chi connectivity index (χ4v) is 7.26. The summed E-state index contributed by atoms with van der Waals surface area (Å²) in [6, 6.07) is 14.9. The van der Waals surface area contributed by atoms with Gasteiger partial charge < -0.3 is 10.1 Å². The van der Waals surface area contributed by atoms with Crippen LogP contribution in [0.3, 0.4) is 0 Å². The van der Waals surface area contributed by atoms with E-state index in [1.165, 1.54) is 13.5 Å². The SMILES string of the molecule is CC(C)(C)OC(=O)N1CCCC[C@H]1C(=O)NCCc1cc2c(-c3cnn4ncccc34)ccnc2n1S(=O)(=O)c1ccccc1. The Morgan fingerprint density at radius 1 is 1.00 bits per heavy atom. The lowest BCUT2D eigenvalue weighted by Crippen LogP contribution is -2.53. The number of pyridine rings is 1. The van der Waals surface area contributed by atoms with Gasteiger partial charge in [0, 0.05) is 48.5 Å². The molecule has 1 aliphatic rings. The molecule has 234 valence electrons. The molecule has 1 saturated heterocycles. The first-order valence-electron chi connectivity index (χ1n) is 14.9. The molecule has 0 spiro atoms. The number of carbonyl (C=O) groups is 2. The molecule has 1 fully saturated rings. The topological polar surface area (TPSA) is 141 Å². The van der Waals surface area contributed by atoms with E-state index in [-0.39, 0.29) is 29.4 Å². The number of aromatic nitrogens is 5. The maximum atomic E-state index is 14.1. The van der Waals surface area contributed by atoms with Crippen molar-refractivity contribution in [1.29, 1.82) is 0 Å². The molecule has 2 amide bonds.